The lowest BCUT2D eigenvalue weighted by atomic mass is 10.2. The summed E-state index contributed by atoms with van der Waals surface area (Å²) in [6, 6.07) is 4.03. The Hall–Kier alpha value is -1.61. The monoisotopic (exact) mass is 337 g/mol. The lowest BCUT2D eigenvalue weighted by molar-refractivity contribution is -0.141. The zero-order valence-corrected chi connectivity index (χ0v) is 12.0. The molecule has 3 nitrogen and oxygen atoms in total. The van der Waals surface area contributed by atoms with Crippen molar-refractivity contribution < 1.29 is 27.5 Å². The number of hydrogen-bond donors (Lipinski definition) is 1. The minimum Gasteiger partial charge on any atom is -0.477 e. The molecule has 0 spiro atoms. The highest BCUT2D eigenvalue weighted by atomic mass is 32.2. The van der Waals surface area contributed by atoms with Crippen molar-refractivity contribution in [3.8, 4) is 10.6 Å². The molecule has 1 heterocycles. The fourth-order valence-electron chi connectivity index (χ4n) is 1.65. The number of aromatic nitrogens is 1. The molecule has 0 unspecified atom stereocenters. The SMILES string of the molecule is CSc1cccc(F)c1-c1nc(C(F)(F)F)c(C(=O)O)s1. The fourth-order valence-corrected chi connectivity index (χ4v) is 3.31. The lowest BCUT2D eigenvalue weighted by Crippen LogP contribution is -2.11. The van der Waals surface area contributed by atoms with E-state index in [2.05, 4.69) is 4.98 Å². The Bertz CT molecular complexity index is 697. The number of thioether (sulfide) groups is 1. The molecule has 0 saturated heterocycles. The molecule has 0 saturated carbocycles. The number of aromatic carboxylic acids is 1. The molecular formula is C12H7F4NO2S2. The van der Waals surface area contributed by atoms with Crippen molar-refractivity contribution in [3.05, 3.63) is 34.6 Å². The molecule has 2 rings (SSSR count). The van der Waals surface area contributed by atoms with Crippen LogP contribution in [0.1, 0.15) is 15.4 Å². The lowest BCUT2D eigenvalue weighted by Gasteiger charge is -2.05. The average molecular weight is 337 g/mol. The summed E-state index contributed by atoms with van der Waals surface area (Å²) in [5.41, 5.74) is -1.63. The summed E-state index contributed by atoms with van der Waals surface area (Å²) in [6.07, 6.45) is -3.28. The number of hydrogen-bond acceptors (Lipinski definition) is 4. The van der Waals surface area contributed by atoms with Gasteiger partial charge in [-0.25, -0.2) is 14.2 Å². The molecule has 0 radical (unpaired) electrons. The number of carbonyl (C=O) groups is 1. The van der Waals surface area contributed by atoms with Crippen LogP contribution in [-0.4, -0.2) is 22.3 Å². The Morgan fingerprint density at radius 2 is 2.05 bits per heavy atom. The minimum atomic E-state index is -4.91. The molecule has 112 valence electrons. The maximum absolute atomic E-state index is 13.9. The molecule has 9 heteroatoms. The quantitative estimate of drug-likeness (QED) is 0.667. The van der Waals surface area contributed by atoms with Crippen LogP contribution in [0.4, 0.5) is 17.6 Å². The standard InChI is InChI=1S/C12H7F4NO2S2/c1-20-6-4-2-3-5(13)7(6)10-17-9(12(14,15)16)8(21-10)11(18)19/h2-4H,1H3,(H,18,19). The molecule has 1 aromatic carbocycles. The van der Waals surface area contributed by atoms with E-state index in [1.54, 1.807) is 6.26 Å². The van der Waals surface area contributed by atoms with E-state index in [4.69, 9.17) is 5.11 Å². The number of carboxylic acid groups (broad SMARTS) is 1. The van der Waals surface area contributed by atoms with E-state index in [0.29, 0.717) is 16.2 Å². The number of benzene rings is 1. The first-order valence-corrected chi connectivity index (χ1v) is 7.44. The molecule has 0 aliphatic rings. The predicted molar refractivity (Wildman–Crippen MR) is 71.3 cm³/mol. The fraction of sp³-hybridized carbons (Fsp3) is 0.167. The number of carboxylic acids is 1. The van der Waals surface area contributed by atoms with Gasteiger partial charge in [-0.05, 0) is 18.4 Å². The van der Waals surface area contributed by atoms with Crippen LogP contribution in [-0.2, 0) is 6.18 Å². The van der Waals surface area contributed by atoms with Crippen LogP contribution in [0.15, 0.2) is 23.1 Å². The Kier molecular flexibility index (Phi) is 4.24. The highest BCUT2D eigenvalue weighted by Gasteiger charge is 2.40. The largest absolute Gasteiger partial charge is 0.477 e. The van der Waals surface area contributed by atoms with Crippen molar-refractivity contribution in [1.82, 2.24) is 4.98 Å². The van der Waals surface area contributed by atoms with Crippen molar-refractivity contribution >= 4 is 29.1 Å². The van der Waals surface area contributed by atoms with E-state index >= 15 is 0 Å². The maximum Gasteiger partial charge on any atom is 0.435 e. The summed E-state index contributed by atoms with van der Waals surface area (Å²) in [6.45, 7) is 0. The van der Waals surface area contributed by atoms with Gasteiger partial charge in [-0.15, -0.1) is 23.1 Å². The van der Waals surface area contributed by atoms with Gasteiger partial charge >= 0.3 is 12.1 Å². The molecule has 0 bridgehead atoms. The van der Waals surface area contributed by atoms with E-state index < -0.39 is 28.5 Å². The second-order valence-electron chi connectivity index (χ2n) is 3.82. The summed E-state index contributed by atoms with van der Waals surface area (Å²) in [5.74, 6) is -2.49. The van der Waals surface area contributed by atoms with Gasteiger partial charge in [-0.1, -0.05) is 6.07 Å². The first-order valence-electron chi connectivity index (χ1n) is 5.40. The van der Waals surface area contributed by atoms with E-state index in [0.717, 1.165) is 17.8 Å². The van der Waals surface area contributed by atoms with Gasteiger partial charge in [0.2, 0.25) is 0 Å². The summed E-state index contributed by atoms with van der Waals surface area (Å²) < 4.78 is 52.3. The molecule has 2 aromatic rings. The van der Waals surface area contributed by atoms with Gasteiger partial charge in [0.15, 0.2) is 5.69 Å². The Morgan fingerprint density at radius 1 is 1.38 bits per heavy atom. The van der Waals surface area contributed by atoms with Gasteiger partial charge in [0.1, 0.15) is 15.7 Å². The van der Waals surface area contributed by atoms with Gasteiger partial charge in [-0.3, -0.25) is 0 Å². The maximum atomic E-state index is 13.9. The topological polar surface area (TPSA) is 50.2 Å². The van der Waals surface area contributed by atoms with Crippen molar-refractivity contribution in [2.75, 3.05) is 6.26 Å². The minimum absolute atomic E-state index is 0.118. The molecule has 1 aromatic heterocycles. The third-order valence-corrected chi connectivity index (χ3v) is 4.34. The zero-order chi connectivity index (χ0) is 15.8. The number of rotatable bonds is 3. The average Bonchev–Trinajstić information content (AvgIpc) is 2.83. The second-order valence-corrected chi connectivity index (χ2v) is 5.66. The zero-order valence-electron chi connectivity index (χ0n) is 10.4. The van der Waals surface area contributed by atoms with Gasteiger partial charge in [0, 0.05) is 4.90 Å². The van der Waals surface area contributed by atoms with Crippen LogP contribution in [0.3, 0.4) is 0 Å². The van der Waals surface area contributed by atoms with Crippen LogP contribution in [0.5, 0.6) is 0 Å². The Balaban J connectivity index is 2.70. The highest BCUT2D eigenvalue weighted by molar-refractivity contribution is 7.98. The Labute approximate surface area is 124 Å². The van der Waals surface area contributed by atoms with Crippen molar-refractivity contribution in [2.45, 2.75) is 11.1 Å². The number of nitrogens with zero attached hydrogens (tertiary/aromatic N) is 1. The van der Waals surface area contributed by atoms with Crippen LogP contribution >= 0.6 is 23.1 Å². The number of thiazole rings is 1. The van der Waals surface area contributed by atoms with Crippen molar-refractivity contribution in [3.63, 3.8) is 0 Å². The molecule has 0 fully saturated rings. The summed E-state index contributed by atoms with van der Waals surface area (Å²) in [7, 11) is 0. The molecule has 21 heavy (non-hydrogen) atoms. The van der Waals surface area contributed by atoms with Gasteiger partial charge in [0.25, 0.3) is 0 Å². The van der Waals surface area contributed by atoms with Gasteiger partial charge in [-0.2, -0.15) is 13.2 Å². The summed E-state index contributed by atoms with van der Waals surface area (Å²) in [4.78, 5) is 13.7. The third kappa shape index (κ3) is 3.03. The molecule has 0 amide bonds. The van der Waals surface area contributed by atoms with E-state index in [1.807, 2.05) is 0 Å². The van der Waals surface area contributed by atoms with Crippen LogP contribution in [0.2, 0.25) is 0 Å². The number of alkyl halides is 3. The van der Waals surface area contributed by atoms with Crippen molar-refractivity contribution in [2.24, 2.45) is 0 Å². The second kappa shape index (κ2) is 5.64. The van der Waals surface area contributed by atoms with E-state index in [9.17, 15) is 22.4 Å². The smallest absolute Gasteiger partial charge is 0.435 e. The van der Waals surface area contributed by atoms with E-state index in [-0.39, 0.29) is 10.6 Å². The first-order chi connectivity index (χ1) is 9.75. The van der Waals surface area contributed by atoms with Crippen LogP contribution in [0, 0.1) is 5.82 Å². The van der Waals surface area contributed by atoms with Crippen LogP contribution < -0.4 is 0 Å². The van der Waals surface area contributed by atoms with E-state index in [1.165, 1.54) is 12.1 Å². The third-order valence-electron chi connectivity index (χ3n) is 2.50. The van der Waals surface area contributed by atoms with Crippen LogP contribution in [0.25, 0.3) is 10.6 Å². The molecule has 0 aliphatic carbocycles. The molecule has 0 aliphatic heterocycles. The summed E-state index contributed by atoms with van der Waals surface area (Å²) >= 11 is 1.44. The highest BCUT2D eigenvalue weighted by Crippen LogP contribution is 2.40. The first kappa shape index (κ1) is 15.8. The summed E-state index contributed by atoms with van der Waals surface area (Å²) in [5, 5.41) is 8.55. The van der Waals surface area contributed by atoms with Gasteiger partial charge < -0.3 is 5.11 Å². The van der Waals surface area contributed by atoms with Crippen molar-refractivity contribution in [1.29, 1.82) is 0 Å². The Morgan fingerprint density at radius 3 is 2.52 bits per heavy atom. The predicted octanol–water partition coefficient (Wildman–Crippen LogP) is 4.39. The normalized spacial score (nSPS) is 11.7. The number of halogens is 4. The molecular weight excluding hydrogens is 330 g/mol. The molecule has 1 N–H and O–H groups in total. The molecule has 0 atom stereocenters. The van der Waals surface area contributed by atoms with Gasteiger partial charge in [0.05, 0.1) is 5.56 Å².